The van der Waals surface area contributed by atoms with Crippen molar-refractivity contribution in [3.8, 4) is 0 Å². The van der Waals surface area contributed by atoms with Gasteiger partial charge >= 0.3 is 0 Å². The van der Waals surface area contributed by atoms with E-state index in [1.165, 1.54) is 38.2 Å². The highest BCUT2D eigenvalue weighted by Crippen LogP contribution is 2.28. The Morgan fingerprint density at radius 1 is 1.35 bits per heavy atom. The molecule has 0 saturated heterocycles. The van der Waals surface area contributed by atoms with Crippen LogP contribution >= 0.6 is 0 Å². The summed E-state index contributed by atoms with van der Waals surface area (Å²) in [5.41, 5.74) is 0.742. The molecule has 2 aromatic rings. The molecule has 0 radical (unpaired) electrons. The summed E-state index contributed by atoms with van der Waals surface area (Å²) in [6.07, 6.45) is 6.35. The topological polar surface area (TPSA) is 81.2 Å². The van der Waals surface area contributed by atoms with Gasteiger partial charge in [-0.15, -0.1) is 0 Å². The molecule has 1 aromatic heterocycles. The molecule has 1 N–H and O–H groups in total. The number of anilines is 1. The summed E-state index contributed by atoms with van der Waals surface area (Å²) in [4.78, 5) is 14.7. The highest BCUT2D eigenvalue weighted by molar-refractivity contribution is 5.83. The number of benzene rings is 1. The predicted octanol–water partition coefficient (Wildman–Crippen LogP) is 3.73. The van der Waals surface area contributed by atoms with Gasteiger partial charge in [-0.2, -0.15) is 4.98 Å². The average Bonchev–Trinajstić information content (AvgIpc) is 2.88. The number of rotatable bonds is 4. The van der Waals surface area contributed by atoms with Crippen LogP contribution in [0.5, 0.6) is 0 Å². The van der Waals surface area contributed by atoms with Crippen molar-refractivity contribution in [3.05, 3.63) is 28.3 Å². The van der Waals surface area contributed by atoms with Crippen LogP contribution in [0.1, 0.15) is 32.1 Å². The number of nitrogens with one attached hydrogen (secondary N) is 1. The fourth-order valence-electron chi connectivity index (χ4n) is 2.78. The second kappa shape index (κ2) is 5.48. The van der Waals surface area contributed by atoms with Crippen LogP contribution in [0.15, 0.2) is 22.6 Å². The van der Waals surface area contributed by atoms with Gasteiger partial charge in [0.1, 0.15) is 0 Å². The van der Waals surface area contributed by atoms with Gasteiger partial charge in [-0.1, -0.05) is 25.3 Å². The zero-order valence-electron chi connectivity index (χ0n) is 11.2. The van der Waals surface area contributed by atoms with Gasteiger partial charge in [0.05, 0.1) is 4.92 Å². The minimum Gasteiger partial charge on any atom is -0.423 e. The van der Waals surface area contributed by atoms with Gasteiger partial charge < -0.3 is 9.73 Å². The fraction of sp³-hybridized carbons (Fsp3) is 0.500. The van der Waals surface area contributed by atoms with E-state index >= 15 is 0 Å². The molecule has 106 valence electrons. The minimum absolute atomic E-state index is 0.0167. The molecule has 1 fully saturated rings. The molecule has 6 nitrogen and oxygen atoms in total. The van der Waals surface area contributed by atoms with Crippen molar-refractivity contribution in [2.24, 2.45) is 5.92 Å². The van der Waals surface area contributed by atoms with Crippen LogP contribution in [-0.4, -0.2) is 16.5 Å². The number of hydrogen-bond acceptors (Lipinski definition) is 5. The molecule has 1 aliphatic carbocycles. The summed E-state index contributed by atoms with van der Waals surface area (Å²) in [6.45, 7) is 0.820. The lowest BCUT2D eigenvalue weighted by atomic mass is 9.89. The van der Waals surface area contributed by atoms with Crippen LogP contribution in [-0.2, 0) is 0 Å². The van der Waals surface area contributed by atoms with E-state index in [0.717, 1.165) is 6.54 Å². The third kappa shape index (κ3) is 2.59. The van der Waals surface area contributed by atoms with Crippen molar-refractivity contribution in [1.29, 1.82) is 0 Å². The number of nitro groups is 1. The second-order valence-corrected chi connectivity index (χ2v) is 5.28. The Morgan fingerprint density at radius 3 is 2.90 bits per heavy atom. The molecule has 0 bridgehead atoms. The first-order valence-corrected chi connectivity index (χ1v) is 7.02. The molecule has 0 atom stereocenters. The summed E-state index contributed by atoms with van der Waals surface area (Å²) in [7, 11) is 0. The zero-order chi connectivity index (χ0) is 13.9. The summed E-state index contributed by atoms with van der Waals surface area (Å²) in [5, 5.41) is 14.1. The lowest BCUT2D eigenvalue weighted by Crippen LogP contribution is -2.17. The van der Waals surface area contributed by atoms with Crippen LogP contribution in [0.2, 0.25) is 0 Å². The van der Waals surface area contributed by atoms with Gasteiger partial charge in [-0.3, -0.25) is 10.1 Å². The van der Waals surface area contributed by atoms with E-state index < -0.39 is 4.92 Å². The van der Waals surface area contributed by atoms with E-state index in [-0.39, 0.29) is 5.69 Å². The van der Waals surface area contributed by atoms with Crippen molar-refractivity contribution in [3.63, 3.8) is 0 Å². The quantitative estimate of drug-likeness (QED) is 0.679. The number of nitrogens with zero attached hydrogens (tertiary/aromatic N) is 2. The summed E-state index contributed by atoms with van der Waals surface area (Å²) in [6, 6.07) is 5.12. The first-order chi connectivity index (χ1) is 9.74. The summed E-state index contributed by atoms with van der Waals surface area (Å²) >= 11 is 0. The zero-order valence-corrected chi connectivity index (χ0v) is 11.2. The molecular weight excluding hydrogens is 258 g/mol. The Bertz CT molecular complexity index is 617. The number of aromatic nitrogens is 1. The van der Waals surface area contributed by atoms with Crippen molar-refractivity contribution in [2.75, 3.05) is 11.9 Å². The summed E-state index contributed by atoms with van der Waals surface area (Å²) in [5.74, 6) is 0.647. The normalized spacial score (nSPS) is 16.4. The lowest BCUT2D eigenvalue weighted by molar-refractivity contribution is -0.383. The van der Waals surface area contributed by atoms with Crippen molar-refractivity contribution < 1.29 is 9.34 Å². The van der Waals surface area contributed by atoms with Crippen LogP contribution in [0.25, 0.3) is 11.1 Å². The van der Waals surface area contributed by atoms with Crippen LogP contribution in [0.3, 0.4) is 0 Å². The van der Waals surface area contributed by atoms with E-state index in [1.54, 1.807) is 12.1 Å². The van der Waals surface area contributed by atoms with Gasteiger partial charge in [-0.05, 0) is 24.8 Å². The van der Waals surface area contributed by atoms with Gasteiger partial charge in [0.2, 0.25) is 0 Å². The van der Waals surface area contributed by atoms with Gasteiger partial charge in [0.25, 0.3) is 11.7 Å². The second-order valence-electron chi connectivity index (χ2n) is 5.28. The third-order valence-electron chi connectivity index (χ3n) is 3.86. The van der Waals surface area contributed by atoms with E-state index in [2.05, 4.69) is 10.3 Å². The Hall–Kier alpha value is -2.11. The molecular formula is C14H17N3O3. The lowest BCUT2D eigenvalue weighted by Gasteiger charge is -2.21. The molecule has 3 rings (SSSR count). The summed E-state index contributed by atoms with van der Waals surface area (Å²) < 4.78 is 5.52. The molecule has 0 spiro atoms. The molecule has 1 heterocycles. The SMILES string of the molecule is O=[N+]([O-])c1cccc2oc(NCC3CCCCC3)nc12. The molecule has 1 aromatic carbocycles. The average molecular weight is 275 g/mol. The van der Waals surface area contributed by atoms with Gasteiger partial charge in [-0.25, -0.2) is 0 Å². The maximum absolute atomic E-state index is 10.9. The third-order valence-corrected chi connectivity index (χ3v) is 3.86. The molecule has 6 heteroatoms. The maximum atomic E-state index is 10.9. The first-order valence-electron chi connectivity index (χ1n) is 7.02. The Morgan fingerprint density at radius 2 is 2.15 bits per heavy atom. The highest BCUT2D eigenvalue weighted by Gasteiger charge is 2.18. The Labute approximate surface area is 116 Å². The monoisotopic (exact) mass is 275 g/mol. The molecule has 0 unspecified atom stereocenters. The number of hydrogen-bond donors (Lipinski definition) is 1. The molecule has 20 heavy (non-hydrogen) atoms. The van der Waals surface area contributed by atoms with Crippen LogP contribution < -0.4 is 5.32 Å². The van der Waals surface area contributed by atoms with Crippen molar-refractivity contribution >= 4 is 22.8 Å². The molecule has 0 amide bonds. The van der Waals surface area contributed by atoms with Crippen LogP contribution in [0, 0.1) is 16.0 Å². The highest BCUT2D eigenvalue weighted by atomic mass is 16.6. The van der Waals surface area contributed by atoms with E-state index in [9.17, 15) is 10.1 Å². The van der Waals surface area contributed by atoms with E-state index in [1.807, 2.05) is 0 Å². The van der Waals surface area contributed by atoms with Gasteiger partial charge in [0.15, 0.2) is 11.1 Å². The standard InChI is InChI=1S/C14H17N3O3/c18-17(19)11-7-4-8-12-13(11)16-14(20-12)15-9-10-5-2-1-3-6-10/h4,7-8,10H,1-3,5-6,9H2,(H,15,16). The largest absolute Gasteiger partial charge is 0.423 e. The number of non-ortho nitro benzene ring substituents is 1. The van der Waals surface area contributed by atoms with E-state index in [0.29, 0.717) is 23.0 Å². The molecule has 0 aliphatic heterocycles. The number of fused-ring (bicyclic) bond motifs is 1. The van der Waals surface area contributed by atoms with Gasteiger partial charge in [0, 0.05) is 12.6 Å². The Kier molecular flexibility index (Phi) is 3.54. The fourth-order valence-corrected chi connectivity index (χ4v) is 2.78. The molecule has 1 aliphatic rings. The predicted molar refractivity (Wildman–Crippen MR) is 75.7 cm³/mol. The Balaban J connectivity index is 1.75. The minimum atomic E-state index is -0.435. The van der Waals surface area contributed by atoms with Crippen molar-refractivity contribution in [1.82, 2.24) is 4.98 Å². The smallest absolute Gasteiger partial charge is 0.298 e. The first kappa shape index (κ1) is 12.9. The maximum Gasteiger partial charge on any atom is 0.298 e. The molecule has 1 saturated carbocycles. The number of para-hydroxylation sites is 1. The van der Waals surface area contributed by atoms with Crippen molar-refractivity contribution in [2.45, 2.75) is 32.1 Å². The van der Waals surface area contributed by atoms with Crippen LogP contribution in [0.4, 0.5) is 11.7 Å². The number of oxazole rings is 1. The van der Waals surface area contributed by atoms with E-state index in [4.69, 9.17) is 4.42 Å². The number of nitro benzene ring substituents is 1.